The van der Waals surface area contributed by atoms with Gasteiger partial charge in [0.15, 0.2) is 0 Å². The first-order chi connectivity index (χ1) is 9.43. The van der Waals surface area contributed by atoms with E-state index in [0.29, 0.717) is 6.54 Å². The Morgan fingerprint density at radius 2 is 2.15 bits per heavy atom. The highest BCUT2D eigenvalue weighted by Crippen LogP contribution is 2.42. The molecule has 2 aliphatic rings. The highest BCUT2D eigenvalue weighted by molar-refractivity contribution is 5.99. The van der Waals surface area contributed by atoms with E-state index < -0.39 is 11.6 Å². The van der Waals surface area contributed by atoms with Gasteiger partial charge in [-0.1, -0.05) is 0 Å². The van der Waals surface area contributed by atoms with E-state index in [2.05, 4.69) is 10.3 Å². The predicted molar refractivity (Wildman–Crippen MR) is 72.5 cm³/mol. The third-order valence-electron chi connectivity index (χ3n) is 4.56. The van der Waals surface area contributed by atoms with Crippen molar-refractivity contribution >= 4 is 11.8 Å². The minimum atomic E-state index is -0.741. The standard InChI is InChI=1S/C14H20N4O2/c1-9-12(19)16-14(2,10-4-5-10)13(20)18(9)8-11-15-6-7-17(11)3/h6-7,9-10H,4-5,8H2,1-3H3,(H,16,19). The zero-order valence-electron chi connectivity index (χ0n) is 12.1. The monoisotopic (exact) mass is 276 g/mol. The first-order valence-corrected chi connectivity index (χ1v) is 7.03. The van der Waals surface area contributed by atoms with Gasteiger partial charge in [0.2, 0.25) is 11.8 Å². The van der Waals surface area contributed by atoms with Crippen LogP contribution in [0.25, 0.3) is 0 Å². The summed E-state index contributed by atoms with van der Waals surface area (Å²) in [7, 11) is 1.89. The third-order valence-corrected chi connectivity index (χ3v) is 4.56. The van der Waals surface area contributed by atoms with Crippen LogP contribution < -0.4 is 5.32 Å². The molecule has 2 atom stereocenters. The van der Waals surface area contributed by atoms with Gasteiger partial charge in [-0.15, -0.1) is 0 Å². The maximum Gasteiger partial charge on any atom is 0.249 e. The highest BCUT2D eigenvalue weighted by Gasteiger charge is 2.54. The number of piperazine rings is 1. The highest BCUT2D eigenvalue weighted by atomic mass is 16.2. The molecule has 1 N–H and O–H groups in total. The smallest absolute Gasteiger partial charge is 0.249 e. The van der Waals surface area contributed by atoms with E-state index >= 15 is 0 Å². The number of carbonyl (C=O) groups excluding carboxylic acids is 2. The van der Waals surface area contributed by atoms with Crippen LogP contribution in [0.1, 0.15) is 32.5 Å². The maximum atomic E-state index is 12.8. The molecule has 1 aliphatic carbocycles. The second-order valence-electron chi connectivity index (χ2n) is 6.03. The lowest BCUT2D eigenvalue weighted by atomic mass is 9.89. The Bertz CT molecular complexity index is 563. The molecule has 6 nitrogen and oxygen atoms in total. The molecule has 0 radical (unpaired) electrons. The van der Waals surface area contributed by atoms with Crippen LogP contribution in [-0.4, -0.2) is 37.8 Å². The summed E-state index contributed by atoms with van der Waals surface area (Å²) in [5.41, 5.74) is -0.741. The molecule has 20 heavy (non-hydrogen) atoms. The fourth-order valence-corrected chi connectivity index (χ4v) is 2.88. The Kier molecular flexibility index (Phi) is 2.84. The van der Waals surface area contributed by atoms with Crippen molar-refractivity contribution in [3.63, 3.8) is 0 Å². The van der Waals surface area contributed by atoms with Gasteiger partial charge in [-0.05, 0) is 32.6 Å². The average Bonchev–Trinajstić information content (AvgIpc) is 3.18. The summed E-state index contributed by atoms with van der Waals surface area (Å²) >= 11 is 0. The van der Waals surface area contributed by atoms with E-state index in [-0.39, 0.29) is 17.7 Å². The van der Waals surface area contributed by atoms with Gasteiger partial charge in [0, 0.05) is 19.4 Å². The molecule has 1 saturated heterocycles. The van der Waals surface area contributed by atoms with Crippen molar-refractivity contribution in [1.29, 1.82) is 0 Å². The van der Waals surface area contributed by atoms with Crippen molar-refractivity contribution in [3.8, 4) is 0 Å². The number of hydrogen-bond acceptors (Lipinski definition) is 3. The Morgan fingerprint density at radius 1 is 1.45 bits per heavy atom. The molecule has 0 aromatic carbocycles. The summed E-state index contributed by atoms with van der Waals surface area (Å²) < 4.78 is 1.88. The first kappa shape index (κ1) is 13.1. The van der Waals surface area contributed by atoms with Crippen LogP contribution in [-0.2, 0) is 23.2 Å². The summed E-state index contributed by atoms with van der Waals surface area (Å²) in [6.45, 7) is 3.99. The van der Waals surface area contributed by atoms with Crippen LogP contribution in [0.2, 0.25) is 0 Å². The van der Waals surface area contributed by atoms with E-state index in [1.54, 1.807) is 18.0 Å². The summed E-state index contributed by atoms with van der Waals surface area (Å²) in [4.78, 5) is 30.9. The van der Waals surface area contributed by atoms with Crippen molar-refractivity contribution in [2.75, 3.05) is 0 Å². The summed E-state index contributed by atoms with van der Waals surface area (Å²) in [6.07, 6.45) is 5.56. The fraction of sp³-hybridized carbons (Fsp3) is 0.643. The van der Waals surface area contributed by atoms with Crippen LogP contribution >= 0.6 is 0 Å². The van der Waals surface area contributed by atoms with Gasteiger partial charge >= 0.3 is 0 Å². The molecule has 2 fully saturated rings. The molecule has 1 saturated carbocycles. The molecule has 2 amide bonds. The van der Waals surface area contributed by atoms with E-state index in [9.17, 15) is 9.59 Å². The quantitative estimate of drug-likeness (QED) is 0.871. The maximum absolute atomic E-state index is 12.8. The number of nitrogens with zero attached hydrogens (tertiary/aromatic N) is 3. The topological polar surface area (TPSA) is 67.2 Å². The summed E-state index contributed by atoms with van der Waals surface area (Å²) in [5, 5.41) is 2.92. The fourth-order valence-electron chi connectivity index (χ4n) is 2.88. The number of nitrogens with one attached hydrogen (secondary N) is 1. The van der Waals surface area contributed by atoms with Crippen LogP contribution in [0.5, 0.6) is 0 Å². The minimum Gasteiger partial charge on any atom is -0.340 e. The van der Waals surface area contributed by atoms with E-state index in [4.69, 9.17) is 0 Å². The van der Waals surface area contributed by atoms with Gasteiger partial charge in [0.1, 0.15) is 17.4 Å². The molecule has 1 aliphatic heterocycles. The van der Waals surface area contributed by atoms with Crippen LogP contribution in [0, 0.1) is 5.92 Å². The lowest BCUT2D eigenvalue weighted by Crippen LogP contribution is -2.69. The molecular formula is C14H20N4O2. The van der Waals surface area contributed by atoms with Crippen molar-refractivity contribution in [2.24, 2.45) is 13.0 Å². The molecular weight excluding hydrogens is 256 g/mol. The van der Waals surface area contributed by atoms with Crippen molar-refractivity contribution in [3.05, 3.63) is 18.2 Å². The van der Waals surface area contributed by atoms with Gasteiger partial charge < -0.3 is 14.8 Å². The molecule has 1 aromatic heterocycles. The Morgan fingerprint density at radius 3 is 2.70 bits per heavy atom. The molecule has 2 unspecified atom stereocenters. The van der Waals surface area contributed by atoms with Gasteiger partial charge in [-0.3, -0.25) is 9.59 Å². The van der Waals surface area contributed by atoms with Crippen molar-refractivity contribution < 1.29 is 9.59 Å². The number of hydrogen-bond donors (Lipinski definition) is 1. The van der Waals surface area contributed by atoms with Gasteiger partial charge in [-0.2, -0.15) is 0 Å². The molecule has 0 spiro atoms. The molecule has 0 bridgehead atoms. The Hall–Kier alpha value is -1.85. The third kappa shape index (κ3) is 1.90. The van der Waals surface area contributed by atoms with E-state index in [1.807, 2.05) is 24.7 Å². The number of rotatable bonds is 3. The number of amides is 2. The first-order valence-electron chi connectivity index (χ1n) is 7.03. The normalized spacial score (nSPS) is 30.6. The van der Waals surface area contributed by atoms with Crippen LogP contribution in [0.15, 0.2) is 12.4 Å². The molecule has 6 heteroatoms. The lowest BCUT2D eigenvalue weighted by molar-refractivity contribution is -0.155. The van der Waals surface area contributed by atoms with Crippen LogP contribution in [0.3, 0.4) is 0 Å². The zero-order valence-corrected chi connectivity index (χ0v) is 12.1. The van der Waals surface area contributed by atoms with E-state index in [0.717, 1.165) is 18.7 Å². The second kappa shape index (κ2) is 4.33. The average molecular weight is 276 g/mol. The van der Waals surface area contributed by atoms with E-state index in [1.165, 1.54) is 0 Å². The molecule has 2 heterocycles. The molecule has 1 aromatic rings. The Balaban J connectivity index is 1.89. The number of imidazole rings is 1. The number of aromatic nitrogens is 2. The van der Waals surface area contributed by atoms with Gasteiger partial charge in [0.05, 0.1) is 6.54 Å². The van der Waals surface area contributed by atoms with Crippen molar-refractivity contribution in [2.45, 2.75) is 44.8 Å². The summed E-state index contributed by atoms with van der Waals surface area (Å²) in [5.74, 6) is 0.997. The summed E-state index contributed by atoms with van der Waals surface area (Å²) in [6, 6.07) is -0.453. The minimum absolute atomic E-state index is 0.00935. The number of carbonyl (C=O) groups is 2. The Labute approximate surface area is 118 Å². The zero-order chi connectivity index (χ0) is 14.5. The number of aryl methyl sites for hydroxylation is 1. The lowest BCUT2D eigenvalue weighted by Gasteiger charge is -2.43. The molecule has 3 rings (SSSR count). The molecule has 108 valence electrons. The predicted octanol–water partition coefficient (Wildman–Crippen LogP) is 0.436. The van der Waals surface area contributed by atoms with Gasteiger partial charge in [0.25, 0.3) is 0 Å². The van der Waals surface area contributed by atoms with Crippen molar-refractivity contribution in [1.82, 2.24) is 19.8 Å². The van der Waals surface area contributed by atoms with Gasteiger partial charge in [-0.25, -0.2) is 4.98 Å². The SMILES string of the molecule is CC1C(=O)NC(C)(C2CC2)C(=O)N1Cc1nccn1C. The largest absolute Gasteiger partial charge is 0.340 e. The second-order valence-corrected chi connectivity index (χ2v) is 6.03. The van der Waals surface area contributed by atoms with Crippen LogP contribution in [0.4, 0.5) is 0 Å².